The molecule has 33 heavy (non-hydrogen) atoms. The van der Waals surface area contributed by atoms with E-state index in [0.717, 1.165) is 38.6 Å². The molecule has 2 saturated heterocycles. The summed E-state index contributed by atoms with van der Waals surface area (Å²) in [6.45, 7) is 2.19. The first-order valence-corrected chi connectivity index (χ1v) is 10.8. The molecule has 1 saturated carbocycles. The number of piperazine rings is 1. The number of alkyl halides is 3. The van der Waals surface area contributed by atoms with Gasteiger partial charge < -0.3 is 14.9 Å². The molecule has 7 nitrogen and oxygen atoms in total. The number of carboxylic acid groups (broad SMARTS) is 1. The highest BCUT2D eigenvalue weighted by Gasteiger charge is 2.49. The average molecular weight is 473 g/mol. The van der Waals surface area contributed by atoms with Crippen molar-refractivity contribution in [3.8, 4) is 0 Å². The number of hydrogen-bond acceptors (Lipinski definition) is 4. The number of halogens is 4. The van der Waals surface area contributed by atoms with Crippen LogP contribution in [0.1, 0.15) is 32.1 Å². The molecule has 1 N–H and O–H groups in total. The van der Waals surface area contributed by atoms with Gasteiger partial charge in [-0.15, -0.1) is 0 Å². The summed E-state index contributed by atoms with van der Waals surface area (Å²) in [6.07, 6.45) is 0.0769. The molecule has 2 heterocycles. The Kier molecular flexibility index (Phi) is 7.30. The molecule has 0 radical (unpaired) electrons. The maximum absolute atomic E-state index is 13.6. The van der Waals surface area contributed by atoms with E-state index in [1.54, 1.807) is 17.0 Å². The van der Waals surface area contributed by atoms with E-state index in [0.29, 0.717) is 25.3 Å². The van der Waals surface area contributed by atoms with Gasteiger partial charge >= 0.3 is 12.1 Å². The average Bonchev–Trinajstić information content (AvgIpc) is 3.41. The Bertz CT molecular complexity index is 904. The lowest BCUT2D eigenvalue weighted by Crippen LogP contribution is -2.64. The SMILES string of the molecule is CN1CC(=O)N(c2cccc(F)c2)CC12CCN(C(=O)C1CCCC1)C2.O=C(O)C(F)(F)F. The summed E-state index contributed by atoms with van der Waals surface area (Å²) in [5.74, 6) is -2.66. The fourth-order valence-corrected chi connectivity index (χ4v) is 4.75. The molecule has 1 aromatic carbocycles. The number of anilines is 1. The van der Waals surface area contributed by atoms with Crippen LogP contribution in [0, 0.1) is 11.7 Å². The molecule has 1 aromatic rings. The molecule has 1 atom stereocenters. The van der Waals surface area contributed by atoms with Gasteiger partial charge in [0.15, 0.2) is 0 Å². The fraction of sp³-hybridized carbons (Fsp3) is 0.591. The van der Waals surface area contributed by atoms with E-state index in [2.05, 4.69) is 4.90 Å². The van der Waals surface area contributed by atoms with Crippen LogP contribution in [0.5, 0.6) is 0 Å². The molecule has 3 fully saturated rings. The number of benzene rings is 1. The Morgan fingerprint density at radius 3 is 2.36 bits per heavy atom. The van der Waals surface area contributed by atoms with Crippen molar-refractivity contribution in [2.24, 2.45) is 5.92 Å². The Hall–Kier alpha value is -2.69. The van der Waals surface area contributed by atoms with Gasteiger partial charge in [0.2, 0.25) is 11.8 Å². The number of nitrogens with zero attached hydrogens (tertiary/aromatic N) is 3. The minimum absolute atomic E-state index is 0.0238. The van der Waals surface area contributed by atoms with E-state index in [4.69, 9.17) is 9.90 Å². The van der Waals surface area contributed by atoms with Crippen molar-refractivity contribution in [2.45, 2.75) is 43.8 Å². The van der Waals surface area contributed by atoms with Crippen molar-refractivity contribution in [3.05, 3.63) is 30.1 Å². The normalized spacial score (nSPS) is 24.2. The highest BCUT2D eigenvalue weighted by Crippen LogP contribution is 2.36. The van der Waals surface area contributed by atoms with Crippen molar-refractivity contribution in [1.82, 2.24) is 9.80 Å². The molecule has 3 aliphatic rings. The number of rotatable bonds is 2. The quantitative estimate of drug-likeness (QED) is 0.669. The van der Waals surface area contributed by atoms with Crippen LogP contribution in [0.2, 0.25) is 0 Å². The lowest BCUT2D eigenvalue weighted by molar-refractivity contribution is -0.192. The predicted molar refractivity (Wildman–Crippen MR) is 111 cm³/mol. The van der Waals surface area contributed by atoms with Gasteiger partial charge in [-0.05, 0) is 44.5 Å². The van der Waals surface area contributed by atoms with E-state index in [1.165, 1.54) is 12.1 Å². The summed E-state index contributed by atoms with van der Waals surface area (Å²) in [4.78, 5) is 40.0. The number of likely N-dealkylation sites (tertiary alicyclic amines) is 1. The second kappa shape index (κ2) is 9.66. The molecular formula is C22H27F4N3O4. The number of carbonyl (C=O) groups is 3. The lowest BCUT2D eigenvalue weighted by Gasteiger charge is -2.46. The number of carboxylic acids is 1. The molecule has 0 aromatic heterocycles. The maximum Gasteiger partial charge on any atom is 0.490 e. The summed E-state index contributed by atoms with van der Waals surface area (Å²) >= 11 is 0. The van der Waals surface area contributed by atoms with Gasteiger partial charge in [0.1, 0.15) is 5.82 Å². The largest absolute Gasteiger partial charge is 0.490 e. The standard InChI is InChI=1S/C20H26FN3O2.C2HF3O2/c1-22-12-18(25)24(17-8-4-7-16(21)11-17)14-20(22)9-10-23(13-20)19(26)15-5-2-3-6-15;3-2(4,5)1(6)7/h4,7-8,11,15H,2-3,5-6,9-10,12-14H2,1H3;(H,6,7). The van der Waals surface area contributed by atoms with Crippen LogP contribution in [0.3, 0.4) is 0 Å². The minimum atomic E-state index is -5.08. The van der Waals surface area contributed by atoms with Crippen LogP contribution in [-0.2, 0) is 14.4 Å². The molecular weight excluding hydrogens is 446 g/mol. The van der Waals surface area contributed by atoms with E-state index in [1.807, 2.05) is 11.9 Å². The highest BCUT2D eigenvalue weighted by molar-refractivity contribution is 5.96. The summed E-state index contributed by atoms with van der Waals surface area (Å²) in [5, 5.41) is 7.12. The Morgan fingerprint density at radius 2 is 1.79 bits per heavy atom. The van der Waals surface area contributed by atoms with Crippen molar-refractivity contribution in [1.29, 1.82) is 0 Å². The molecule has 2 aliphatic heterocycles. The first-order valence-electron chi connectivity index (χ1n) is 10.8. The second-order valence-corrected chi connectivity index (χ2v) is 8.83. The highest BCUT2D eigenvalue weighted by atomic mass is 19.4. The maximum atomic E-state index is 13.6. The Morgan fingerprint density at radius 1 is 1.15 bits per heavy atom. The van der Waals surface area contributed by atoms with Gasteiger partial charge in [0, 0.05) is 31.2 Å². The van der Waals surface area contributed by atoms with Crippen LogP contribution in [0.25, 0.3) is 0 Å². The molecule has 4 rings (SSSR count). The monoisotopic (exact) mass is 473 g/mol. The third-order valence-corrected chi connectivity index (χ3v) is 6.65. The van der Waals surface area contributed by atoms with Crippen molar-refractivity contribution in [3.63, 3.8) is 0 Å². The van der Waals surface area contributed by atoms with Crippen molar-refractivity contribution < 1.29 is 37.1 Å². The topological polar surface area (TPSA) is 81.2 Å². The minimum Gasteiger partial charge on any atom is -0.475 e. The van der Waals surface area contributed by atoms with Gasteiger partial charge in [0.25, 0.3) is 0 Å². The molecule has 1 spiro atoms. The fourth-order valence-electron chi connectivity index (χ4n) is 4.75. The number of amides is 2. The molecule has 182 valence electrons. The van der Waals surface area contributed by atoms with E-state index in [-0.39, 0.29) is 29.1 Å². The first-order chi connectivity index (χ1) is 15.4. The number of likely N-dealkylation sites (N-methyl/N-ethyl adjacent to an activating group) is 1. The van der Waals surface area contributed by atoms with Gasteiger partial charge in [-0.3, -0.25) is 14.5 Å². The molecule has 2 amide bonds. The third kappa shape index (κ3) is 5.63. The molecule has 11 heteroatoms. The second-order valence-electron chi connectivity index (χ2n) is 8.83. The van der Waals surface area contributed by atoms with Crippen molar-refractivity contribution in [2.75, 3.05) is 38.1 Å². The van der Waals surface area contributed by atoms with Crippen LogP contribution < -0.4 is 4.90 Å². The molecule has 1 unspecified atom stereocenters. The van der Waals surface area contributed by atoms with Gasteiger partial charge in [-0.1, -0.05) is 18.9 Å². The van der Waals surface area contributed by atoms with Crippen LogP contribution >= 0.6 is 0 Å². The summed E-state index contributed by atoms with van der Waals surface area (Å²) in [6, 6.07) is 6.20. The summed E-state index contributed by atoms with van der Waals surface area (Å²) in [7, 11) is 1.96. The van der Waals surface area contributed by atoms with Crippen LogP contribution in [0.15, 0.2) is 24.3 Å². The van der Waals surface area contributed by atoms with Crippen LogP contribution in [-0.4, -0.2) is 77.6 Å². The predicted octanol–water partition coefficient (Wildman–Crippen LogP) is 2.90. The number of carbonyl (C=O) groups excluding carboxylic acids is 2. The van der Waals surface area contributed by atoms with Gasteiger partial charge in [-0.2, -0.15) is 13.2 Å². The van der Waals surface area contributed by atoms with E-state index >= 15 is 0 Å². The zero-order chi connectivity index (χ0) is 24.4. The van der Waals surface area contributed by atoms with E-state index < -0.39 is 12.1 Å². The third-order valence-electron chi connectivity index (χ3n) is 6.65. The van der Waals surface area contributed by atoms with Crippen molar-refractivity contribution >= 4 is 23.5 Å². The van der Waals surface area contributed by atoms with Gasteiger partial charge in [0.05, 0.1) is 12.1 Å². The zero-order valence-corrected chi connectivity index (χ0v) is 18.3. The smallest absolute Gasteiger partial charge is 0.475 e. The molecule has 1 aliphatic carbocycles. The number of hydrogen-bond donors (Lipinski definition) is 1. The first kappa shape index (κ1) is 24.9. The lowest BCUT2D eigenvalue weighted by atomic mass is 9.92. The van der Waals surface area contributed by atoms with E-state index in [9.17, 15) is 27.2 Å². The molecule has 0 bridgehead atoms. The number of aliphatic carboxylic acids is 1. The van der Waals surface area contributed by atoms with Crippen LogP contribution in [0.4, 0.5) is 23.2 Å². The van der Waals surface area contributed by atoms with Gasteiger partial charge in [-0.25, -0.2) is 9.18 Å². The summed E-state index contributed by atoms with van der Waals surface area (Å²) < 4.78 is 45.4. The zero-order valence-electron chi connectivity index (χ0n) is 18.3. The Balaban J connectivity index is 0.000000383. The Labute approximate surface area is 188 Å². The summed E-state index contributed by atoms with van der Waals surface area (Å²) in [5.41, 5.74) is 0.358.